The molecule has 1 aliphatic carbocycles. The second-order valence-electron chi connectivity index (χ2n) is 7.08. The topological polar surface area (TPSA) is 15.7 Å². The quantitative estimate of drug-likeness (QED) is 0.759. The molecule has 2 saturated heterocycles. The van der Waals surface area contributed by atoms with Gasteiger partial charge < -0.3 is 9.64 Å². The van der Waals surface area contributed by atoms with E-state index in [2.05, 4.69) is 23.6 Å². The van der Waals surface area contributed by atoms with Gasteiger partial charge in [0, 0.05) is 45.4 Å². The van der Waals surface area contributed by atoms with Gasteiger partial charge in [-0.05, 0) is 37.5 Å². The number of rotatable bonds is 5. The highest BCUT2D eigenvalue weighted by Crippen LogP contribution is 2.34. The van der Waals surface area contributed by atoms with Gasteiger partial charge in [-0.1, -0.05) is 13.8 Å². The first-order valence-electron chi connectivity index (χ1n) is 8.32. The van der Waals surface area contributed by atoms with E-state index < -0.39 is 0 Å². The predicted molar refractivity (Wildman–Crippen MR) is 78.3 cm³/mol. The molecule has 3 nitrogen and oxygen atoms in total. The molecule has 0 bridgehead atoms. The minimum atomic E-state index is 0.508. The molecule has 0 spiro atoms. The molecular weight excluding hydrogens is 236 g/mol. The van der Waals surface area contributed by atoms with Crippen molar-refractivity contribution in [1.82, 2.24) is 9.80 Å². The normalized spacial score (nSPS) is 40.1. The van der Waals surface area contributed by atoms with E-state index in [1.54, 1.807) is 0 Å². The number of fused-ring (bicyclic) bond motifs is 1. The number of nitrogens with zero attached hydrogens (tertiary/aromatic N) is 2. The van der Waals surface area contributed by atoms with Crippen LogP contribution in [-0.2, 0) is 4.74 Å². The lowest BCUT2D eigenvalue weighted by Gasteiger charge is -2.42. The summed E-state index contributed by atoms with van der Waals surface area (Å²) in [5, 5.41) is 0. The summed E-state index contributed by atoms with van der Waals surface area (Å²) in [4.78, 5) is 5.39. The van der Waals surface area contributed by atoms with E-state index in [-0.39, 0.29) is 0 Å². The van der Waals surface area contributed by atoms with Gasteiger partial charge in [-0.25, -0.2) is 0 Å². The minimum absolute atomic E-state index is 0.508. The zero-order valence-electron chi connectivity index (χ0n) is 12.7. The molecule has 3 aliphatic rings. The summed E-state index contributed by atoms with van der Waals surface area (Å²) in [6.45, 7) is 11.9. The van der Waals surface area contributed by atoms with Crippen LogP contribution in [-0.4, -0.2) is 61.3 Å². The zero-order valence-corrected chi connectivity index (χ0v) is 12.7. The molecule has 3 fully saturated rings. The van der Waals surface area contributed by atoms with Gasteiger partial charge >= 0.3 is 0 Å². The van der Waals surface area contributed by atoms with E-state index >= 15 is 0 Å². The molecule has 0 aromatic carbocycles. The maximum atomic E-state index is 5.95. The van der Waals surface area contributed by atoms with Gasteiger partial charge in [0.2, 0.25) is 0 Å². The molecule has 110 valence electrons. The van der Waals surface area contributed by atoms with Crippen LogP contribution in [0.25, 0.3) is 0 Å². The van der Waals surface area contributed by atoms with Gasteiger partial charge in [-0.3, -0.25) is 4.90 Å². The highest BCUT2D eigenvalue weighted by molar-refractivity contribution is 4.93. The molecule has 0 N–H and O–H groups in total. The number of ether oxygens (including phenoxy) is 1. The third kappa shape index (κ3) is 3.32. The van der Waals surface area contributed by atoms with Crippen LogP contribution in [0.5, 0.6) is 0 Å². The van der Waals surface area contributed by atoms with Crippen LogP contribution in [0.2, 0.25) is 0 Å². The van der Waals surface area contributed by atoms with Crippen molar-refractivity contribution in [1.29, 1.82) is 0 Å². The standard InChI is InChI=1S/C16H30N2O/c1-3-6-19-16-9-15-11-17(4-5-18(15)12-16)10-14-7-13(2)8-14/h13-16H,3-12H2,1-2H3/t13?,14?,15-,16+/m0/s1. The average Bonchev–Trinajstić information content (AvgIpc) is 2.76. The van der Waals surface area contributed by atoms with Crippen LogP contribution in [0, 0.1) is 11.8 Å². The summed E-state index contributed by atoms with van der Waals surface area (Å²) in [5.41, 5.74) is 0. The molecule has 0 unspecified atom stereocenters. The van der Waals surface area contributed by atoms with Crippen LogP contribution in [0.15, 0.2) is 0 Å². The summed E-state index contributed by atoms with van der Waals surface area (Å²) in [7, 11) is 0. The van der Waals surface area contributed by atoms with E-state index in [9.17, 15) is 0 Å². The smallest absolute Gasteiger partial charge is 0.0717 e. The first-order chi connectivity index (χ1) is 9.24. The van der Waals surface area contributed by atoms with Crippen molar-refractivity contribution in [2.45, 2.75) is 51.7 Å². The van der Waals surface area contributed by atoms with Crippen LogP contribution < -0.4 is 0 Å². The summed E-state index contributed by atoms with van der Waals surface area (Å²) in [5.74, 6) is 1.99. The van der Waals surface area contributed by atoms with E-state index in [0.29, 0.717) is 6.10 Å². The fourth-order valence-electron chi connectivity index (χ4n) is 4.22. The Balaban J connectivity index is 1.42. The van der Waals surface area contributed by atoms with Gasteiger partial charge in [0.05, 0.1) is 6.10 Å². The van der Waals surface area contributed by atoms with Crippen molar-refractivity contribution >= 4 is 0 Å². The molecule has 2 aliphatic heterocycles. The number of hydrogen-bond acceptors (Lipinski definition) is 3. The van der Waals surface area contributed by atoms with Crippen molar-refractivity contribution in [2.75, 3.05) is 39.3 Å². The van der Waals surface area contributed by atoms with Crippen LogP contribution in [0.4, 0.5) is 0 Å². The molecule has 2 atom stereocenters. The Kier molecular flexibility index (Phi) is 4.45. The van der Waals surface area contributed by atoms with Gasteiger partial charge in [0.25, 0.3) is 0 Å². The van der Waals surface area contributed by atoms with E-state index in [4.69, 9.17) is 4.74 Å². The molecule has 0 radical (unpaired) electrons. The van der Waals surface area contributed by atoms with Gasteiger partial charge in [-0.15, -0.1) is 0 Å². The van der Waals surface area contributed by atoms with Crippen molar-refractivity contribution in [3.63, 3.8) is 0 Å². The fraction of sp³-hybridized carbons (Fsp3) is 1.00. The number of hydrogen-bond donors (Lipinski definition) is 0. The maximum Gasteiger partial charge on any atom is 0.0717 e. The molecular formula is C16H30N2O. The largest absolute Gasteiger partial charge is 0.377 e. The molecule has 19 heavy (non-hydrogen) atoms. The molecule has 0 aromatic rings. The van der Waals surface area contributed by atoms with E-state index in [1.807, 2.05) is 0 Å². The lowest BCUT2D eigenvalue weighted by molar-refractivity contribution is 0.0541. The van der Waals surface area contributed by atoms with Crippen molar-refractivity contribution < 1.29 is 4.74 Å². The van der Waals surface area contributed by atoms with Crippen molar-refractivity contribution in [3.8, 4) is 0 Å². The second-order valence-corrected chi connectivity index (χ2v) is 7.08. The Morgan fingerprint density at radius 1 is 1.11 bits per heavy atom. The Bertz CT molecular complexity index is 290. The summed E-state index contributed by atoms with van der Waals surface area (Å²) in [6.07, 6.45) is 5.85. The van der Waals surface area contributed by atoms with Crippen LogP contribution in [0.3, 0.4) is 0 Å². The molecule has 3 heteroatoms. The Labute approximate surface area is 118 Å². The lowest BCUT2D eigenvalue weighted by atomic mass is 9.76. The summed E-state index contributed by atoms with van der Waals surface area (Å²) in [6, 6.07) is 0.771. The van der Waals surface area contributed by atoms with Crippen LogP contribution >= 0.6 is 0 Å². The molecule has 1 saturated carbocycles. The first kappa shape index (κ1) is 13.8. The summed E-state index contributed by atoms with van der Waals surface area (Å²) >= 11 is 0. The summed E-state index contributed by atoms with van der Waals surface area (Å²) < 4.78 is 5.95. The highest BCUT2D eigenvalue weighted by Gasteiger charge is 2.37. The molecule has 0 amide bonds. The highest BCUT2D eigenvalue weighted by atomic mass is 16.5. The Hall–Kier alpha value is -0.120. The van der Waals surface area contributed by atoms with E-state index in [0.717, 1.165) is 30.9 Å². The minimum Gasteiger partial charge on any atom is -0.377 e. The van der Waals surface area contributed by atoms with Gasteiger partial charge in [0.15, 0.2) is 0 Å². The lowest BCUT2D eigenvalue weighted by Crippen LogP contribution is -2.52. The SMILES string of the molecule is CCCO[C@@H]1C[C@H]2CN(CC3CC(C)C3)CCN2C1. The van der Waals surface area contributed by atoms with Crippen molar-refractivity contribution in [3.05, 3.63) is 0 Å². The molecule has 0 aromatic heterocycles. The first-order valence-corrected chi connectivity index (χ1v) is 8.32. The zero-order chi connectivity index (χ0) is 13.2. The van der Waals surface area contributed by atoms with Crippen LogP contribution in [0.1, 0.15) is 39.5 Å². The second kappa shape index (κ2) is 6.11. The number of piperazine rings is 1. The maximum absolute atomic E-state index is 5.95. The molecule has 2 heterocycles. The third-order valence-corrected chi connectivity index (χ3v) is 5.21. The Morgan fingerprint density at radius 2 is 1.95 bits per heavy atom. The van der Waals surface area contributed by atoms with E-state index in [1.165, 1.54) is 52.0 Å². The third-order valence-electron chi connectivity index (χ3n) is 5.21. The fourth-order valence-corrected chi connectivity index (χ4v) is 4.22. The predicted octanol–water partition coefficient (Wildman–Crippen LogP) is 2.22. The van der Waals surface area contributed by atoms with Gasteiger partial charge in [-0.2, -0.15) is 0 Å². The monoisotopic (exact) mass is 266 g/mol. The van der Waals surface area contributed by atoms with Gasteiger partial charge in [0.1, 0.15) is 0 Å². The average molecular weight is 266 g/mol. The van der Waals surface area contributed by atoms with Crippen molar-refractivity contribution in [2.24, 2.45) is 11.8 Å². The Morgan fingerprint density at radius 3 is 2.68 bits per heavy atom. The molecule has 3 rings (SSSR count).